The molecule has 6 aromatic rings. The van der Waals surface area contributed by atoms with Crippen molar-refractivity contribution in [2.24, 2.45) is 0 Å². The molecule has 0 fully saturated rings. The van der Waals surface area contributed by atoms with Crippen molar-refractivity contribution in [3.63, 3.8) is 0 Å². The van der Waals surface area contributed by atoms with Crippen molar-refractivity contribution in [1.82, 2.24) is 14.0 Å². The van der Waals surface area contributed by atoms with E-state index < -0.39 is 0 Å². The molecule has 0 bridgehead atoms. The van der Waals surface area contributed by atoms with Crippen LogP contribution in [0.3, 0.4) is 0 Å². The molecule has 3 heteroatoms. The van der Waals surface area contributed by atoms with Gasteiger partial charge < -0.3 is 4.57 Å². The Balaban J connectivity index is 1.92. The Hall–Kier alpha value is -3.59. The Morgan fingerprint density at radius 2 is 1.31 bits per heavy atom. The summed E-state index contributed by atoms with van der Waals surface area (Å²) in [5.74, 6) is 0. The Kier molecular flexibility index (Phi) is 2.61. The van der Waals surface area contributed by atoms with Crippen molar-refractivity contribution < 1.29 is 0 Å². The van der Waals surface area contributed by atoms with Crippen LogP contribution in [0.2, 0.25) is 0 Å². The van der Waals surface area contributed by atoms with Crippen LogP contribution >= 0.6 is 0 Å². The van der Waals surface area contributed by atoms with E-state index in [9.17, 15) is 0 Å². The monoisotopic (exact) mass is 333 g/mol. The minimum atomic E-state index is 0.981. The third-order valence-corrected chi connectivity index (χ3v) is 5.10. The molecule has 0 unspecified atom stereocenters. The van der Waals surface area contributed by atoms with Crippen molar-refractivity contribution in [1.29, 1.82) is 0 Å². The van der Waals surface area contributed by atoms with Crippen LogP contribution in [0.4, 0.5) is 0 Å². The van der Waals surface area contributed by atoms with Crippen LogP contribution in [-0.4, -0.2) is 14.0 Å². The summed E-state index contributed by atoms with van der Waals surface area (Å²) < 4.78 is 4.62. The van der Waals surface area contributed by atoms with Crippen molar-refractivity contribution >= 4 is 38.6 Å². The fraction of sp³-hybridized carbons (Fsp3) is 0. The lowest BCUT2D eigenvalue weighted by Gasteiger charge is -2.07. The van der Waals surface area contributed by atoms with E-state index in [0.29, 0.717) is 0 Å². The largest absolute Gasteiger partial charge is 0.308 e. The van der Waals surface area contributed by atoms with Crippen molar-refractivity contribution in [2.45, 2.75) is 0 Å². The van der Waals surface area contributed by atoms with E-state index >= 15 is 0 Å². The normalized spacial score (nSPS) is 11.8. The molecule has 0 aliphatic heterocycles. The highest BCUT2D eigenvalue weighted by Crippen LogP contribution is 2.34. The van der Waals surface area contributed by atoms with Gasteiger partial charge in [-0.15, -0.1) is 0 Å². The Morgan fingerprint density at radius 1 is 0.577 bits per heavy atom. The molecule has 0 N–H and O–H groups in total. The molecule has 26 heavy (non-hydrogen) atoms. The van der Waals surface area contributed by atoms with Crippen LogP contribution in [0.25, 0.3) is 44.3 Å². The van der Waals surface area contributed by atoms with Gasteiger partial charge in [0, 0.05) is 11.1 Å². The molecule has 0 spiro atoms. The first kappa shape index (κ1) is 13.7. The van der Waals surface area contributed by atoms with E-state index in [2.05, 4.69) is 93.9 Å². The lowest BCUT2D eigenvalue weighted by molar-refractivity contribution is 1.17. The van der Waals surface area contributed by atoms with E-state index in [-0.39, 0.29) is 0 Å². The van der Waals surface area contributed by atoms with Crippen molar-refractivity contribution in [3.8, 4) is 5.69 Å². The second kappa shape index (κ2) is 4.96. The smallest absolute Gasteiger partial charge is 0.138 e. The number of aromatic nitrogens is 3. The predicted octanol–water partition coefficient (Wildman–Crippen LogP) is 5.58. The molecule has 6 rings (SSSR count). The first-order chi connectivity index (χ1) is 12.9. The van der Waals surface area contributed by atoms with Crippen molar-refractivity contribution in [2.75, 3.05) is 0 Å². The van der Waals surface area contributed by atoms with Gasteiger partial charge in [-0.2, -0.15) is 0 Å². The minimum absolute atomic E-state index is 0.981. The molecular weight excluding hydrogens is 318 g/mol. The first-order valence-electron chi connectivity index (χ1n) is 8.76. The predicted molar refractivity (Wildman–Crippen MR) is 107 cm³/mol. The van der Waals surface area contributed by atoms with Gasteiger partial charge in [0.25, 0.3) is 0 Å². The summed E-state index contributed by atoms with van der Waals surface area (Å²) >= 11 is 0. The Bertz CT molecular complexity index is 1420. The summed E-state index contributed by atoms with van der Waals surface area (Å²) in [6.45, 7) is 0. The summed E-state index contributed by atoms with van der Waals surface area (Å²) in [4.78, 5) is 4.81. The molecular formula is C23H15N3. The van der Waals surface area contributed by atoms with Gasteiger partial charge in [0.05, 0.1) is 27.6 Å². The number of fused-ring (bicyclic) bond motifs is 7. The van der Waals surface area contributed by atoms with Gasteiger partial charge in [0.1, 0.15) is 5.65 Å². The minimum Gasteiger partial charge on any atom is -0.308 e. The molecule has 0 saturated heterocycles. The van der Waals surface area contributed by atoms with Gasteiger partial charge in [0.15, 0.2) is 0 Å². The van der Waals surface area contributed by atoms with Gasteiger partial charge >= 0.3 is 0 Å². The zero-order valence-electron chi connectivity index (χ0n) is 14.0. The highest BCUT2D eigenvalue weighted by atomic mass is 15.1. The van der Waals surface area contributed by atoms with E-state index in [1.54, 1.807) is 0 Å². The zero-order chi connectivity index (χ0) is 17.1. The van der Waals surface area contributed by atoms with Gasteiger partial charge in [-0.1, -0.05) is 48.5 Å². The third kappa shape index (κ3) is 1.69. The standard InChI is InChI=1S/C23H15N3/c1-2-8-16(9-3-1)25-19-12-6-4-10-17(19)23-21(25)14-15-22-24-18-11-5-7-13-20(18)26(22)23/h1-15H. The number of rotatable bonds is 1. The van der Waals surface area contributed by atoms with Gasteiger partial charge in [-0.25, -0.2) is 4.98 Å². The zero-order valence-corrected chi connectivity index (χ0v) is 14.0. The van der Waals surface area contributed by atoms with Gasteiger partial charge in [-0.3, -0.25) is 4.40 Å². The number of hydrogen-bond donors (Lipinski definition) is 0. The lowest BCUT2D eigenvalue weighted by Crippen LogP contribution is -1.94. The quantitative estimate of drug-likeness (QED) is 0.385. The SMILES string of the molecule is c1ccc(-n2c3ccccc3c3c2ccc2nc4ccccc4n23)cc1. The molecule has 122 valence electrons. The summed E-state index contributed by atoms with van der Waals surface area (Å²) in [5.41, 5.74) is 7.92. The molecule has 0 amide bonds. The molecule has 3 heterocycles. The molecule has 3 aromatic carbocycles. The summed E-state index contributed by atoms with van der Waals surface area (Å²) in [6, 6.07) is 31.8. The number of benzene rings is 3. The molecule has 0 aliphatic rings. The third-order valence-electron chi connectivity index (χ3n) is 5.10. The average Bonchev–Trinajstić information content (AvgIpc) is 3.24. The number of hydrogen-bond acceptors (Lipinski definition) is 1. The molecule has 3 aromatic heterocycles. The van der Waals surface area contributed by atoms with E-state index in [0.717, 1.165) is 16.7 Å². The summed E-state index contributed by atoms with van der Waals surface area (Å²) in [7, 11) is 0. The number of para-hydroxylation sites is 4. The van der Waals surface area contributed by atoms with Gasteiger partial charge in [0.2, 0.25) is 0 Å². The van der Waals surface area contributed by atoms with Crippen LogP contribution < -0.4 is 0 Å². The number of nitrogens with zero attached hydrogens (tertiary/aromatic N) is 3. The van der Waals surface area contributed by atoms with E-state index in [4.69, 9.17) is 4.98 Å². The fourth-order valence-corrected chi connectivity index (χ4v) is 4.03. The number of pyridine rings is 1. The maximum Gasteiger partial charge on any atom is 0.138 e. The average molecular weight is 333 g/mol. The lowest BCUT2D eigenvalue weighted by atomic mass is 10.2. The molecule has 0 atom stereocenters. The molecule has 0 radical (unpaired) electrons. The van der Waals surface area contributed by atoms with Crippen LogP contribution in [0.5, 0.6) is 0 Å². The van der Waals surface area contributed by atoms with Crippen LogP contribution in [0.1, 0.15) is 0 Å². The summed E-state index contributed by atoms with van der Waals surface area (Å²) in [6.07, 6.45) is 0. The van der Waals surface area contributed by atoms with E-state index in [1.165, 1.54) is 27.6 Å². The van der Waals surface area contributed by atoms with Gasteiger partial charge in [-0.05, 0) is 42.5 Å². The second-order valence-corrected chi connectivity index (χ2v) is 6.55. The van der Waals surface area contributed by atoms with Crippen LogP contribution in [0.15, 0.2) is 91.0 Å². The highest BCUT2D eigenvalue weighted by molar-refractivity contribution is 6.09. The van der Waals surface area contributed by atoms with Crippen LogP contribution in [0, 0.1) is 0 Å². The van der Waals surface area contributed by atoms with Crippen molar-refractivity contribution in [3.05, 3.63) is 91.0 Å². The molecule has 3 nitrogen and oxygen atoms in total. The molecule has 0 aliphatic carbocycles. The van der Waals surface area contributed by atoms with E-state index in [1.807, 2.05) is 6.07 Å². The Labute approximate surface area is 149 Å². The second-order valence-electron chi connectivity index (χ2n) is 6.55. The summed E-state index contributed by atoms with van der Waals surface area (Å²) in [5, 5.41) is 1.24. The maximum atomic E-state index is 4.81. The Morgan fingerprint density at radius 3 is 2.19 bits per heavy atom. The maximum absolute atomic E-state index is 4.81. The molecule has 0 saturated carbocycles. The highest BCUT2D eigenvalue weighted by Gasteiger charge is 2.16. The first-order valence-corrected chi connectivity index (χ1v) is 8.76. The number of imidazole rings is 1. The fourth-order valence-electron chi connectivity index (χ4n) is 4.03. The van der Waals surface area contributed by atoms with Crippen LogP contribution in [-0.2, 0) is 0 Å². The topological polar surface area (TPSA) is 22.2 Å².